The van der Waals surface area contributed by atoms with Gasteiger partial charge in [-0.3, -0.25) is 9.59 Å². The molecule has 0 N–H and O–H groups in total. The molecule has 0 aromatic heterocycles. The van der Waals surface area contributed by atoms with Gasteiger partial charge in [0.05, 0.1) is 0 Å². The van der Waals surface area contributed by atoms with Crippen molar-refractivity contribution >= 4 is 34.7 Å². The maximum absolute atomic E-state index is 12.0. The minimum absolute atomic E-state index is 0.0811. The number of carbonyl (C=O) groups is 2. The monoisotopic (exact) mass is 340 g/mol. The fourth-order valence-corrected chi connectivity index (χ4v) is 1.90. The second-order valence-electron chi connectivity index (χ2n) is 2.92. The Bertz CT molecular complexity index is 432. The molecule has 0 aliphatic carbocycles. The van der Waals surface area contributed by atoms with Gasteiger partial charge in [-0.05, 0) is 41.6 Å². The third-order valence-corrected chi connectivity index (χ3v) is 2.72. The first-order valence-electron chi connectivity index (χ1n) is 4.20. The van der Waals surface area contributed by atoms with Gasteiger partial charge in [-0.15, -0.1) is 0 Å². The third kappa shape index (κ3) is 2.97. The first kappa shape index (κ1) is 13.0. The van der Waals surface area contributed by atoms with Crippen molar-refractivity contribution in [2.45, 2.75) is 13.5 Å². The summed E-state index contributed by atoms with van der Waals surface area (Å²) in [6.07, 6.45) is 0.519. The van der Waals surface area contributed by atoms with Crippen LogP contribution in [0.25, 0.3) is 0 Å². The molecule has 0 amide bonds. The molecule has 0 aliphatic heterocycles. The summed E-state index contributed by atoms with van der Waals surface area (Å²) in [4.78, 5) is 22.0. The molecule has 3 nitrogen and oxygen atoms in total. The maximum atomic E-state index is 12.0. The molecule has 86 valence electrons. The van der Waals surface area contributed by atoms with Crippen molar-refractivity contribution < 1.29 is 23.1 Å². The molecule has 1 aromatic rings. The second-order valence-corrected chi connectivity index (χ2v) is 4.08. The minimum Gasteiger partial charge on any atom is -0.435 e. The molecule has 16 heavy (non-hydrogen) atoms. The Kier molecular flexibility index (Phi) is 4.34. The molecular formula is C10H7F2IO3. The van der Waals surface area contributed by atoms with E-state index in [4.69, 9.17) is 0 Å². The number of halogens is 3. The zero-order valence-electron chi connectivity index (χ0n) is 8.17. The van der Waals surface area contributed by atoms with Crippen molar-refractivity contribution in [3.63, 3.8) is 0 Å². The molecule has 0 atom stereocenters. The number of Topliss-reactive ketones (excluding diaryl/α,β-unsaturated/α-hetero) is 1. The Balaban J connectivity index is 3.28. The molecule has 0 aliphatic rings. The van der Waals surface area contributed by atoms with Crippen LogP contribution in [0.5, 0.6) is 5.75 Å². The van der Waals surface area contributed by atoms with Gasteiger partial charge in [-0.1, -0.05) is 0 Å². The number of ether oxygens (including phenoxy) is 1. The number of ketones is 1. The van der Waals surface area contributed by atoms with E-state index in [0.717, 1.165) is 6.07 Å². The van der Waals surface area contributed by atoms with Crippen LogP contribution in [0.1, 0.15) is 27.6 Å². The van der Waals surface area contributed by atoms with Gasteiger partial charge < -0.3 is 4.74 Å². The predicted molar refractivity (Wildman–Crippen MR) is 61.2 cm³/mol. The molecule has 0 saturated carbocycles. The van der Waals surface area contributed by atoms with Crippen molar-refractivity contribution in [1.29, 1.82) is 0 Å². The first-order valence-corrected chi connectivity index (χ1v) is 5.28. The van der Waals surface area contributed by atoms with Crippen LogP contribution < -0.4 is 4.74 Å². The number of aldehydes is 1. The molecular weight excluding hydrogens is 333 g/mol. The van der Waals surface area contributed by atoms with Gasteiger partial charge in [0.25, 0.3) is 0 Å². The van der Waals surface area contributed by atoms with Gasteiger partial charge >= 0.3 is 6.61 Å². The summed E-state index contributed by atoms with van der Waals surface area (Å²) in [6, 6.07) is 2.42. The Morgan fingerprint density at radius 1 is 1.50 bits per heavy atom. The van der Waals surface area contributed by atoms with Crippen molar-refractivity contribution in [2.24, 2.45) is 0 Å². The van der Waals surface area contributed by atoms with Crippen molar-refractivity contribution in [2.75, 3.05) is 0 Å². The quantitative estimate of drug-likeness (QED) is 0.481. The Hall–Kier alpha value is -1.05. The van der Waals surface area contributed by atoms with E-state index >= 15 is 0 Å². The molecule has 0 radical (unpaired) electrons. The van der Waals surface area contributed by atoms with Crippen LogP contribution in [-0.2, 0) is 0 Å². The lowest BCUT2D eigenvalue weighted by atomic mass is 10.1. The average molecular weight is 340 g/mol. The predicted octanol–water partition coefficient (Wildman–Crippen LogP) is 2.91. The minimum atomic E-state index is -2.96. The van der Waals surface area contributed by atoms with E-state index in [1.807, 2.05) is 0 Å². The molecule has 0 bridgehead atoms. The molecule has 0 fully saturated rings. The number of hydrogen-bond donors (Lipinski definition) is 0. The standard InChI is InChI=1S/C10H7F2IO3/c1-5(15)7-2-6(16-10(11)12)3-9(13)8(7)4-14/h2-4,10H,1H3. The fourth-order valence-electron chi connectivity index (χ4n) is 1.17. The third-order valence-electron chi connectivity index (χ3n) is 1.83. The molecule has 1 rings (SSSR count). The van der Waals surface area contributed by atoms with Crippen LogP contribution >= 0.6 is 22.6 Å². The number of rotatable bonds is 4. The lowest BCUT2D eigenvalue weighted by Gasteiger charge is -2.09. The van der Waals surface area contributed by atoms with E-state index in [1.165, 1.54) is 13.0 Å². The van der Waals surface area contributed by atoms with E-state index in [-0.39, 0.29) is 22.7 Å². The highest BCUT2D eigenvalue weighted by Gasteiger charge is 2.14. The summed E-state index contributed by atoms with van der Waals surface area (Å²) in [5.74, 6) is -0.505. The zero-order chi connectivity index (χ0) is 12.3. The number of hydrogen-bond acceptors (Lipinski definition) is 3. The summed E-state index contributed by atoms with van der Waals surface area (Å²) >= 11 is 1.78. The van der Waals surface area contributed by atoms with E-state index in [2.05, 4.69) is 4.74 Å². The van der Waals surface area contributed by atoms with E-state index in [0.29, 0.717) is 9.86 Å². The summed E-state index contributed by atoms with van der Waals surface area (Å²) in [5.41, 5.74) is 0.271. The van der Waals surface area contributed by atoms with Crippen LogP contribution in [0.3, 0.4) is 0 Å². The van der Waals surface area contributed by atoms with Gasteiger partial charge in [-0.2, -0.15) is 8.78 Å². The highest BCUT2D eigenvalue weighted by Crippen LogP contribution is 2.24. The van der Waals surface area contributed by atoms with E-state index < -0.39 is 6.61 Å². The molecule has 0 unspecified atom stereocenters. The average Bonchev–Trinajstić information content (AvgIpc) is 2.15. The molecule has 0 heterocycles. The molecule has 1 aromatic carbocycles. The van der Waals surface area contributed by atoms with Gasteiger partial charge in [0.1, 0.15) is 5.75 Å². The smallest absolute Gasteiger partial charge is 0.387 e. The first-order chi connectivity index (χ1) is 7.45. The molecule has 0 spiro atoms. The molecule has 0 saturated heterocycles. The van der Waals surface area contributed by atoms with Crippen LogP contribution in [0.2, 0.25) is 0 Å². The van der Waals surface area contributed by atoms with Crippen LogP contribution in [0, 0.1) is 3.57 Å². The Morgan fingerprint density at radius 3 is 2.56 bits per heavy atom. The number of alkyl halides is 2. The van der Waals surface area contributed by atoms with Crippen LogP contribution in [0.4, 0.5) is 8.78 Å². The topological polar surface area (TPSA) is 43.4 Å². The Morgan fingerprint density at radius 2 is 2.12 bits per heavy atom. The van der Waals surface area contributed by atoms with Crippen LogP contribution in [0.15, 0.2) is 12.1 Å². The largest absolute Gasteiger partial charge is 0.435 e. The summed E-state index contributed by atoms with van der Waals surface area (Å²) in [6.45, 7) is -1.71. The van der Waals surface area contributed by atoms with Gasteiger partial charge in [-0.25, -0.2) is 0 Å². The lowest BCUT2D eigenvalue weighted by molar-refractivity contribution is -0.0499. The summed E-state index contributed by atoms with van der Waals surface area (Å²) < 4.78 is 28.6. The summed E-state index contributed by atoms with van der Waals surface area (Å²) in [5, 5.41) is 0. The normalized spacial score (nSPS) is 10.3. The van der Waals surface area contributed by atoms with Crippen LogP contribution in [-0.4, -0.2) is 18.7 Å². The van der Waals surface area contributed by atoms with E-state index in [1.54, 1.807) is 22.6 Å². The zero-order valence-corrected chi connectivity index (χ0v) is 10.3. The number of benzene rings is 1. The Labute approximate surface area is 104 Å². The molecule has 6 heteroatoms. The van der Waals surface area contributed by atoms with Crippen molar-refractivity contribution in [3.05, 3.63) is 26.8 Å². The second kappa shape index (κ2) is 5.33. The highest BCUT2D eigenvalue weighted by atomic mass is 127. The lowest BCUT2D eigenvalue weighted by Crippen LogP contribution is -2.06. The van der Waals surface area contributed by atoms with Crippen molar-refractivity contribution in [1.82, 2.24) is 0 Å². The van der Waals surface area contributed by atoms with Crippen molar-refractivity contribution in [3.8, 4) is 5.75 Å². The highest BCUT2D eigenvalue weighted by molar-refractivity contribution is 14.1. The number of carbonyl (C=O) groups excluding carboxylic acids is 2. The van der Waals surface area contributed by atoms with Gasteiger partial charge in [0, 0.05) is 14.7 Å². The van der Waals surface area contributed by atoms with E-state index in [9.17, 15) is 18.4 Å². The van der Waals surface area contributed by atoms with Gasteiger partial charge in [0.2, 0.25) is 0 Å². The van der Waals surface area contributed by atoms with Gasteiger partial charge in [0.15, 0.2) is 12.1 Å². The summed E-state index contributed by atoms with van der Waals surface area (Å²) in [7, 11) is 0. The SMILES string of the molecule is CC(=O)c1cc(OC(F)F)cc(I)c1C=O. The maximum Gasteiger partial charge on any atom is 0.387 e. The fraction of sp³-hybridized carbons (Fsp3) is 0.200.